The van der Waals surface area contributed by atoms with Gasteiger partial charge in [0.15, 0.2) is 0 Å². The first-order valence-corrected chi connectivity index (χ1v) is 5.09. The Morgan fingerprint density at radius 3 is 2.50 bits per heavy atom. The molecule has 2 N–H and O–H groups in total. The Balaban J connectivity index is 2.35. The van der Waals surface area contributed by atoms with Crippen LogP contribution in [0.25, 0.3) is 0 Å². The summed E-state index contributed by atoms with van der Waals surface area (Å²) in [5.74, 6) is -0.160. The predicted octanol–water partition coefficient (Wildman–Crippen LogP) is 0.391. The van der Waals surface area contributed by atoms with Crippen molar-refractivity contribution < 1.29 is 9.90 Å². The molecule has 0 unspecified atom stereocenters. The SMILES string of the molecule is CC1CC(NCCN(C)C)(C(=O)O)C1. The molecule has 0 atom stereocenters. The molecule has 14 heavy (non-hydrogen) atoms. The van der Waals surface area contributed by atoms with Crippen molar-refractivity contribution in [3.63, 3.8) is 0 Å². The minimum Gasteiger partial charge on any atom is -0.480 e. The lowest BCUT2D eigenvalue weighted by Crippen LogP contribution is -2.61. The summed E-state index contributed by atoms with van der Waals surface area (Å²) < 4.78 is 0. The standard InChI is InChI=1S/C10H20N2O2/c1-8-6-10(7-8,9(13)14)11-4-5-12(2)3/h8,11H,4-7H2,1-3H3,(H,13,14). The van der Waals surface area contributed by atoms with E-state index in [1.54, 1.807) is 0 Å². The first-order valence-electron chi connectivity index (χ1n) is 5.09. The monoisotopic (exact) mass is 200 g/mol. The predicted molar refractivity (Wildman–Crippen MR) is 55.3 cm³/mol. The summed E-state index contributed by atoms with van der Waals surface area (Å²) in [6.07, 6.45) is 1.52. The highest BCUT2D eigenvalue weighted by atomic mass is 16.4. The number of carboxylic acids is 1. The first-order chi connectivity index (χ1) is 6.46. The van der Waals surface area contributed by atoms with Gasteiger partial charge in [0.1, 0.15) is 5.54 Å². The van der Waals surface area contributed by atoms with Gasteiger partial charge in [0.25, 0.3) is 0 Å². The summed E-state index contributed by atoms with van der Waals surface area (Å²) in [6, 6.07) is 0. The van der Waals surface area contributed by atoms with Crippen molar-refractivity contribution in [1.82, 2.24) is 10.2 Å². The molecule has 0 radical (unpaired) electrons. The number of hydrogen-bond acceptors (Lipinski definition) is 3. The van der Waals surface area contributed by atoms with Crippen molar-refractivity contribution in [3.8, 4) is 0 Å². The van der Waals surface area contributed by atoms with E-state index in [9.17, 15) is 4.79 Å². The van der Waals surface area contributed by atoms with Gasteiger partial charge in [0.05, 0.1) is 0 Å². The molecular formula is C10H20N2O2. The second-order valence-electron chi connectivity index (χ2n) is 4.63. The second-order valence-corrected chi connectivity index (χ2v) is 4.63. The average Bonchev–Trinajstić information content (AvgIpc) is 1.99. The maximum Gasteiger partial charge on any atom is 0.323 e. The number of carbonyl (C=O) groups is 1. The molecule has 0 spiro atoms. The van der Waals surface area contributed by atoms with Gasteiger partial charge >= 0.3 is 5.97 Å². The fourth-order valence-electron chi connectivity index (χ4n) is 2.04. The van der Waals surface area contributed by atoms with Crippen LogP contribution in [-0.4, -0.2) is 48.7 Å². The molecule has 0 amide bonds. The van der Waals surface area contributed by atoms with Crippen molar-refractivity contribution in [2.24, 2.45) is 5.92 Å². The van der Waals surface area contributed by atoms with Crippen LogP contribution >= 0.6 is 0 Å². The van der Waals surface area contributed by atoms with E-state index in [1.807, 2.05) is 19.0 Å². The third-order valence-electron chi connectivity index (χ3n) is 2.83. The molecule has 1 aliphatic rings. The summed E-state index contributed by atoms with van der Waals surface area (Å²) in [6.45, 7) is 3.71. The minimum absolute atomic E-state index is 0.540. The molecule has 0 bridgehead atoms. The largest absolute Gasteiger partial charge is 0.480 e. The van der Waals surface area contributed by atoms with Crippen LogP contribution in [0.5, 0.6) is 0 Å². The molecule has 82 valence electrons. The van der Waals surface area contributed by atoms with Gasteiger partial charge in [0, 0.05) is 13.1 Å². The van der Waals surface area contributed by atoms with Crippen LogP contribution in [0.1, 0.15) is 19.8 Å². The van der Waals surface area contributed by atoms with E-state index in [0.29, 0.717) is 5.92 Å². The molecule has 0 heterocycles. The zero-order valence-corrected chi connectivity index (χ0v) is 9.21. The van der Waals surface area contributed by atoms with E-state index in [0.717, 1.165) is 25.9 Å². The van der Waals surface area contributed by atoms with E-state index < -0.39 is 11.5 Å². The zero-order chi connectivity index (χ0) is 10.8. The molecule has 0 aromatic carbocycles. The Hall–Kier alpha value is -0.610. The van der Waals surface area contributed by atoms with Crippen LogP contribution in [0.4, 0.5) is 0 Å². The van der Waals surface area contributed by atoms with E-state index >= 15 is 0 Å². The van der Waals surface area contributed by atoms with E-state index in [4.69, 9.17) is 5.11 Å². The molecule has 4 nitrogen and oxygen atoms in total. The third-order valence-corrected chi connectivity index (χ3v) is 2.83. The number of carboxylic acid groups (broad SMARTS) is 1. The number of nitrogens with one attached hydrogen (secondary N) is 1. The van der Waals surface area contributed by atoms with Crippen LogP contribution < -0.4 is 5.32 Å². The quantitative estimate of drug-likeness (QED) is 0.674. The molecule has 1 aliphatic carbocycles. The molecule has 0 saturated heterocycles. The molecule has 0 aliphatic heterocycles. The third kappa shape index (κ3) is 2.45. The smallest absolute Gasteiger partial charge is 0.323 e. The van der Waals surface area contributed by atoms with Crippen molar-refractivity contribution in [2.75, 3.05) is 27.2 Å². The fraction of sp³-hybridized carbons (Fsp3) is 0.900. The number of hydrogen-bond donors (Lipinski definition) is 2. The maximum absolute atomic E-state index is 11.0. The minimum atomic E-state index is -0.700. The van der Waals surface area contributed by atoms with Crippen LogP contribution in [-0.2, 0) is 4.79 Å². The van der Waals surface area contributed by atoms with Crippen molar-refractivity contribution in [2.45, 2.75) is 25.3 Å². The molecular weight excluding hydrogens is 180 g/mol. The van der Waals surface area contributed by atoms with Crippen LogP contribution in [0.15, 0.2) is 0 Å². The number of likely N-dealkylation sites (N-methyl/N-ethyl adjacent to an activating group) is 1. The van der Waals surface area contributed by atoms with Gasteiger partial charge in [-0.05, 0) is 32.9 Å². The fourth-order valence-corrected chi connectivity index (χ4v) is 2.04. The molecule has 0 aromatic rings. The first kappa shape index (κ1) is 11.5. The van der Waals surface area contributed by atoms with Crippen LogP contribution in [0, 0.1) is 5.92 Å². The average molecular weight is 200 g/mol. The Morgan fingerprint density at radius 1 is 1.57 bits per heavy atom. The van der Waals surface area contributed by atoms with Crippen molar-refractivity contribution in [3.05, 3.63) is 0 Å². The van der Waals surface area contributed by atoms with Crippen molar-refractivity contribution >= 4 is 5.97 Å². The van der Waals surface area contributed by atoms with Crippen molar-refractivity contribution in [1.29, 1.82) is 0 Å². The van der Waals surface area contributed by atoms with Gasteiger partial charge in [-0.1, -0.05) is 6.92 Å². The van der Waals surface area contributed by atoms with Gasteiger partial charge in [-0.2, -0.15) is 0 Å². The Labute approximate surface area is 85.3 Å². The number of nitrogens with zero attached hydrogens (tertiary/aromatic N) is 1. The molecule has 4 heteroatoms. The normalized spacial score (nSPS) is 31.6. The summed E-state index contributed by atoms with van der Waals surface area (Å²) >= 11 is 0. The molecule has 1 rings (SSSR count). The number of aliphatic carboxylic acids is 1. The highest BCUT2D eigenvalue weighted by Gasteiger charge is 2.48. The van der Waals surface area contributed by atoms with Gasteiger partial charge in [-0.15, -0.1) is 0 Å². The van der Waals surface area contributed by atoms with E-state index in [1.165, 1.54) is 0 Å². The highest BCUT2D eigenvalue weighted by molar-refractivity contribution is 5.80. The number of rotatable bonds is 5. The van der Waals surface area contributed by atoms with Crippen LogP contribution in [0.2, 0.25) is 0 Å². The summed E-state index contributed by atoms with van der Waals surface area (Å²) in [4.78, 5) is 13.1. The van der Waals surface area contributed by atoms with Gasteiger partial charge in [0.2, 0.25) is 0 Å². The Bertz CT molecular complexity index is 210. The Morgan fingerprint density at radius 2 is 2.14 bits per heavy atom. The van der Waals surface area contributed by atoms with E-state index in [-0.39, 0.29) is 0 Å². The lowest BCUT2D eigenvalue weighted by Gasteiger charge is -2.43. The Kier molecular flexibility index (Phi) is 3.50. The molecule has 0 aromatic heterocycles. The van der Waals surface area contributed by atoms with Gasteiger partial charge in [-0.25, -0.2) is 0 Å². The summed E-state index contributed by atoms with van der Waals surface area (Å²) in [5, 5.41) is 12.2. The summed E-state index contributed by atoms with van der Waals surface area (Å²) in [7, 11) is 3.97. The maximum atomic E-state index is 11.0. The topological polar surface area (TPSA) is 52.6 Å². The van der Waals surface area contributed by atoms with E-state index in [2.05, 4.69) is 12.2 Å². The second kappa shape index (κ2) is 4.28. The lowest BCUT2D eigenvalue weighted by atomic mass is 9.69. The van der Waals surface area contributed by atoms with Crippen LogP contribution in [0.3, 0.4) is 0 Å². The molecule has 1 fully saturated rings. The summed E-state index contributed by atoms with van der Waals surface area (Å²) in [5.41, 5.74) is -0.630. The lowest BCUT2D eigenvalue weighted by molar-refractivity contribution is -0.151. The van der Waals surface area contributed by atoms with Gasteiger partial charge in [-0.3, -0.25) is 4.79 Å². The zero-order valence-electron chi connectivity index (χ0n) is 9.21. The highest BCUT2D eigenvalue weighted by Crippen LogP contribution is 2.37. The molecule has 1 saturated carbocycles. The van der Waals surface area contributed by atoms with Gasteiger partial charge < -0.3 is 15.3 Å².